The molecule has 0 N–H and O–H groups in total. The fourth-order valence-corrected chi connectivity index (χ4v) is 5.08. The molecule has 0 radical (unpaired) electrons. The maximum Gasteiger partial charge on any atom is 0.270 e. The molecule has 0 unspecified atom stereocenters. The molecule has 0 spiro atoms. The van der Waals surface area contributed by atoms with Crippen LogP contribution >= 0.6 is 0 Å². The van der Waals surface area contributed by atoms with E-state index in [-0.39, 0.29) is 10.6 Å². The summed E-state index contributed by atoms with van der Waals surface area (Å²) in [5.74, 6) is 1.15. The Morgan fingerprint density at radius 2 is 1.78 bits per heavy atom. The fraction of sp³-hybridized carbons (Fsp3) is 0.333. The van der Waals surface area contributed by atoms with E-state index in [1.165, 1.54) is 22.5 Å². The Kier molecular flexibility index (Phi) is 6.58. The van der Waals surface area contributed by atoms with E-state index in [1.54, 1.807) is 0 Å². The van der Waals surface area contributed by atoms with E-state index in [2.05, 4.69) is 15.0 Å². The lowest BCUT2D eigenvalue weighted by Gasteiger charge is -2.33. The third-order valence-corrected chi connectivity index (χ3v) is 7.26. The molecule has 0 aliphatic carbocycles. The Morgan fingerprint density at radius 3 is 2.50 bits per heavy atom. The van der Waals surface area contributed by atoms with Gasteiger partial charge < -0.3 is 9.42 Å². The van der Waals surface area contributed by atoms with Crippen LogP contribution in [0.15, 0.2) is 64.0 Å². The van der Waals surface area contributed by atoms with Crippen molar-refractivity contribution in [3.05, 3.63) is 70.6 Å². The summed E-state index contributed by atoms with van der Waals surface area (Å²) in [6, 6.07) is 14.8. The highest BCUT2D eigenvalue weighted by atomic mass is 32.2. The topological polar surface area (TPSA) is 123 Å². The Balaban J connectivity index is 1.27. The molecule has 2 aromatic carbocycles. The smallest absolute Gasteiger partial charge is 0.270 e. The molecule has 0 atom stereocenters. The van der Waals surface area contributed by atoms with Crippen molar-refractivity contribution >= 4 is 15.7 Å². The van der Waals surface area contributed by atoms with Gasteiger partial charge in [0, 0.05) is 50.3 Å². The number of hydrogen-bond donors (Lipinski definition) is 0. The zero-order valence-electron chi connectivity index (χ0n) is 17.3. The third kappa shape index (κ3) is 5.01. The van der Waals surface area contributed by atoms with Gasteiger partial charge in [-0.1, -0.05) is 41.6 Å². The average Bonchev–Trinajstić information content (AvgIpc) is 3.29. The van der Waals surface area contributed by atoms with Gasteiger partial charge in [-0.15, -0.1) is 0 Å². The van der Waals surface area contributed by atoms with Crippen LogP contribution in [0, 0.1) is 10.1 Å². The van der Waals surface area contributed by atoms with Gasteiger partial charge in [0.05, 0.1) is 9.82 Å². The van der Waals surface area contributed by atoms with Crippen LogP contribution in [0.3, 0.4) is 0 Å². The predicted molar refractivity (Wildman–Crippen MR) is 116 cm³/mol. The van der Waals surface area contributed by atoms with Crippen LogP contribution < -0.4 is 0 Å². The van der Waals surface area contributed by atoms with Crippen LogP contribution in [-0.2, 0) is 16.4 Å². The van der Waals surface area contributed by atoms with Gasteiger partial charge in [0.1, 0.15) is 0 Å². The minimum absolute atomic E-state index is 0.0502. The van der Waals surface area contributed by atoms with Gasteiger partial charge in [-0.3, -0.25) is 10.1 Å². The monoisotopic (exact) mass is 457 g/mol. The number of aryl methyl sites for hydroxylation is 1. The summed E-state index contributed by atoms with van der Waals surface area (Å²) in [6.45, 7) is 2.64. The zero-order chi connectivity index (χ0) is 22.6. The number of nitro benzene ring substituents is 1. The first-order valence-corrected chi connectivity index (χ1v) is 11.7. The number of aromatic nitrogens is 2. The van der Waals surface area contributed by atoms with Crippen LogP contribution in [0.2, 0.25) is 0 Å². The first kappa shape index (κ1) is 22.1. The van der Waals surface area contributed by atoms with Gasteiger partial charge in [0.2, 0.25) is 21.7 Å². The second kappa shape index (κ2) is 9.55. The number of non-ortho nitro benzene ring substituents is 1. The molecule has 0 saturated carbocycles. The van der Waals surface area contributed by atoms with Crippen molar-refractivity contribution in [2.75, 3.05) is 32.7 Å². The lowest BCUT2D eigenvalue weighted by molar-refractivity contribution is -0.385. The molecular formula is C21H23N5O5S. The number of hydrogen-bond acceptors (Lipinski definition) is 8. The van der Waals surface area contributed by atoms with Crippen molar-refractivity contribution in [3.8, 4) is 11.4 Å². The summed E-state index contributed by atoms with van der Waals surface area (Å²) in [7, 11) is -3.76. The first-order valence-electron chi connectivity index (χ1n) is 10.3. The number of rotatable bonds is 8. The standard InChI is InChI=1S/C21H23N5O5S/c27-26(28)18-8-4-9-19(16-18)32(29,30)25-14-12-24(13-15-25)11-5-10-20-22-21(23-31-20)17-6-2-1-3-7-17/h1-4,6-9,16H,5,10-15H2. The molecule has 1 aromatic heterocycles. The summed E-state index contributed by atoms with van der Waals surface area (Å²) in [6.07, 6.45) is 1.46. The van der Waals surface area contributed by atoms with Gasteiger partial charge in [0.15, 0.2) is 0 Å². The van der Waals surface area contributed by atoms with Gasteiger partial charge in [-0.25, -0.2) is 8.42 Å². The molecule has 0 amide bonds. The van der Waals surface area contributed by atoms with Crippen LogP contribution in [0.25, 0.3) is 11.4 Å². The van der Waals surface area contributed by atoms with Gasteiger partial charge in [-0.05, 0) is 19.0 Å². The van der Waals surface area contributed by atoms with Crippen LogP contribution in [-0.4, -0.2) is 65.4 Å². The maximum absolute atomic E-state index is 12.8. The number of nitro groups is 1. The molecule has 10 nitrogen and oxygen atoms in total. The van der Waals surface area contributed by atoms with E-state index in [9.17, 15) is 18.5 Å². The number of piperazine rings is 1. The third-order valence-electron chi connectivity index (χ3n) is 5.36. The van der Waals surface area contributed by atoms with Crippen molar-refractivity contribution in [1.82, 2.24) is 19.3 Å². The summed E-state index contributed by atoms with van der Waals surface area (Å²) >= 11 is 0. The average molecular weight is 458 g/mol. The minimum Gasteiger partial charge on any atom is -0.339 e. The second-order valence-corrected chi connectivity index (χ2v) is 9.42. The van der Waals surface area contributed by atoms with E-state index in [4.69, 9.17) is 4.52 Å². The molecule has 1 aliphatic rings. The predicted octanol–water partition coefficient (Wildman–Crippen LogP) is 2.58. The van der Waals surface area contributed by atoms with Crippen molar-refractivity contribution in [1.29, 1.82) is 0 Å². The van der Waals surface area contributed by atoms with Gasteiger partial charge >= 0.3 is 0 Å². The molecule has 0 bridgehead atoms. The van der Waals surface area contributed by atoms with E-state index in [1.807, 2.05) is 30.3 Å². The summed E-state index contributed by atoms with van der Waals surface area (Å²) in [5, 5.41) is 15.0. The first-order chi connectivity index (χ1) is 15.4. The SMILES string of the molecule is O=[N+]([O-])c1cccc(S(=O)(=O)N2CCN(CCCc3nc(-c4ccccc4)no3)CC2)c1. The molecule has 168 valence electrons. The second-order valence-electron chi connectivity index (χ2n) is 7.48. The number of sulfonamides is 1. The lowest BCUT2D eigenvalue weighted by Crippen LogP contribution is -2.48. The summed E-state index contributed by atoms with van der Waals surface area (Å²) in [4.78, 5) is 16.9. The molecule has 1 aliphatic heterocycles. The zero-order valence-corrected chi connectivity index (χ0v) is 18.1. The quantitative estimate of drug-likeness (QED) is 0.374. The Hall–Kier alpha value is -3.15. The van der Waals surface area contributed by atoms with E-state index in [0.29, 0.717) is 44.3 Å². The van der Waals surface area contributed by atoms with Crippen LogP contribution in [0.4, 0.5) is 5.69 Å². The van der Waals surface area contributed by atoms with Crippen molar-refractivity contribution in [2.24, 2.45) is 0 Å². The minimum atomic E-state index is -3.76. The van der Waals surface area contributed by atoms with Gasteiger partial charge in [-0.2, -0.15) is 9.29 Å². The molecule has 1 saturated heterocycles. The molecule has 3 aromatic rings. The molecule has 1 fully saturated rings. The molecule has 11 heteroatoms. The summed E-state index contributed by atoms with van der Waals surface area (Å²) < 4.78 is 32.4. The molecule has 32 heavy (non-hydrogen) atoms. The van der Waals surface area contributed by atoms with E-state index >= 15 is 0 Å². The Morgan fingerprint density at radius 1 is 1.03 bits per heavy atom. The lowest BCUT2D eigenvalue weighted by atomic mass is 10.2. The van der Waals surface area contributed by atoms with Crippen molar-refractivity contribution < 1.29 is 17.9 Å². The molecule has 4 rings (SSSR count). The number of benzene rings is 2. The molecular weight excluding hydrogens is 434 g/mol. The van der Waals surface area contributed by atoms with E-state index in [0.717, 1.165) is 24.6 Å². The van der Waals surface area contributed by atoms with Gasteiger partial charge in [0.25, 0.3) is 5.69 Å². The van der Waals surface area contributed by atoms with Crippen molar-refractivity contribution in [2.45, 2.75) is 17.7 Å². The fourth-order valence-electron chi connectivity index (χ4n) is 3.61. The maximum atomic E-state index is 12.8. The Labute approximate surface area is 185 Å². The largest absolute Gasteiger partial charge is 0.339 e. The number of nitrogens with zero attached hydrogens (tertiary/aromatic N) is 5. The Bertz CT molecular complexity index is 1170. The van der Waals surface area contributed by atoms with E-state index < -0.39 is 14.9 Å². The summed E-state index contributed by atoms with van der Waals surface area (Å²) in [5.41, 5.74) is 0.671. The van der Waals surface area contributed by atoms with Crippen LogP contribution in [0.1, 0.15) is 12.3 Å². The highest BCUT2D eigenvalue weighted by Gasteiger charge is 2.29. The highest BCUT2D eigenvalue weighted by molar-refractivity contribution is 7.89. The van der Waals surface area contributed by atoms with Crippen molar-refractivity contribution in [3.63, 3.8) is 0 Å². The normalized spacial score (nSPS) is 15.6. The molecule has 2 heterocycles. The highest BCUT2D eigenvalue weighted by Crippen LogP contribution is 2.22. The van der Waals surface area contributed by atoms with Crippen LogP contribution in [0.5, 0.6) is 0 Å².